The van der Waals surface area contributed by atoms with Gasteiger partial charge in [-0.2, -0.15) is 0 Å². The maximum absolute atomic E-state index is 13.2. The van der Waals surface area contributed by atoms with E-state index in [1.807, 2.05) is 0 Å². The molecule has 1 aromatic carbocycles. The minimum absolute atomic E-state index is 0.0304. The van der Waals surface area contributed by atoms with Crippen molar-refractivity contribution >= 4 is 27.5 Å². The van der Waals surface area contributed by atoms with Crippen LogP contribution in [0.15, 0.2) is 16.6 Å². The molecule has 0 aliphatic heterocycles. The maximum atomic E-state index is 13.2. The van der Waals surface area contributed by atoms with Crippen LogP contribution in [0.5, 0.6) is 0 Å². The van der Waals surface area contributed by atoms with Gasteiger partial charge in [0.1, 0.15) is 5.82 Å². The first-order valence-corrected chi connectivity index (χ1v) is 6.95. The van der Waals surface area contributed by atoms with Gasteiger partial charge in [0, 0.05) is 11.0 Å². The monoisotopic (exact) mass is 330 g/mol. The molecular weight excluding hydrogens is 311 g/mol. The fourth-order valence-corrected chi connectivity index (χ4v) is 1.88. The van der Waals surface area contributed by atoms with Crippen molar-refractivity contribution in [3.05, 3.63) is 28.0 Å². The van der Waals surface area contributed by atoms with Crippen LogP contribution in [0.2, 0.25) is 0 Å². The number of nitrogen functional groups attached to an aromatic ring is 1. The van der Waals surface area contributed by atoms with Crippen molar-refractivity contribution in [2.45, 2.75) is 27.7 Å². The number of rotatable bonds is 3. The summed E-state index contributed by atoms with van der Waals surface area (Å²) in [6.45, 7) is 9.00. The third-order valence-corrected chi connectivity index (χ3v) is 4.03. The molecule has 0 spiro atoms. The smallest absolute Gasteiger partial charge is 0.252 e. The first kappa shape index (κ1) is 16.0. The van der Waals surface area contributed by atoms with Crippen LogP contribution in [0.4, 0.5) is 10.1 Å². The predicted octanol–water partition coefficient (Wildman–Crippen LogP) is 3.58. The number of anilines is 1. The zero-order valence-corrected chi connectivity index (χ0v) is 13.3. The van der Waals surface area contributed by atoms with E-state index in [-0.39, 0.29) is 17.0 Å². The Morgan fingerprint density at radius 2 is 2.05 bits per heavy atom. The van der Waals surface area contributed by atoms with E-state index in [4.69, 9.17) is 5.73 Å². The molecule has 5 heteroatoms. The van der Waals surface area contributed by atoms with Crippen molar-refractivity contribution in [3.8, 4) is 0 Å². The molecule has 1 aromatic rings. The molecule has 0 bridgehead atoms. The molecule has 0 saturated carbocycles. The molecule has 1 unspecified atom stereocenters. The highest BCUT2D eigenvalue weighted by molar-refractivity contribution is 9.10. The van der Waals surface area contributed by atoms with Crippen LogP contribution in [-0.2, 0) is 0 Å². The Bertz CT molecular complexity index is 483. The molecule has 0 aliphatic rings. The van der Waals surface area contributed by atoms with Crippen molar-refractivity contribution in [2.75, 3.05) is 12.3 Å². The topological polar surface area (TPSA) is 55.1 Å². The van der Waals surface area contributed by atoms with E-state index in [9.17, 15) is 9.18 Å². The van der Waals surface area contributed by atoms with Crippen molar-refractivity contribution in [1.29, 1.82) is 0 Å². The summed E-state index contributed by atoms with van der Waals surface area (Å²) in [6.07, 6.45) is 0. The van der Waals surface area contributed by atoms with E-state index in [1.54, 1.807) is 0 Å². The Balaban J connectivity index is 2.77. The number of amides is 1. The molecule has 0 fully saturated rings. The molecule has 106 valence electrons. The molecule has 1 rings (SSSR count). The van der Waals surface area contributed by atoms with Gasteiger partial charge in [0.15, 0.2) is 0 Å². The molecule has 1 amide bonds. The molecule has 0 heterocycles. The van der Waals surface area contributed by atoms with Crippen LogP contribution >= 0.6 is 15.9 Å². The van der Waals surface area contributed by atoms with Gasteiger partial charge in [0.2, 0.25) is 0 Å². The van der Waals surface area contributed by atoms with Crippen LogP contribution in [0.3, 0.4) is 0 Å². The van der Waals surface area contributed by atoms with Gasteiger partial charge in [-0.25, -0.2) is 4.39 Å². The van der Waals surface area contributed by atoms with E-state index < -0.39 is 5.82 Å². The van der Waals surface area contributed by atoms with Gasteiger partial charge in [-0.05, 0) is 39.4 Å². The van der Waals surface area contributed by atoms with E-state index in [1.165, 1.54) is 12.1 Å². The van der Waals surface area contributed by atoms with Crippen LogP contribution in [0.25, 0.3) is 0 Å². The summed E-state index contributed by atoms with van der Waals surface area (Å²) in [4.78, 5) is 12.0. The lowest BCUT2D eigenvalue weighted by Crippen LogP contribution is -2.33. The Labute approximate surface area is 121 Å². The average Bonchev–Trinajstić information content (AvgIpc) is 2.29. The number of nitrogens with two attached hydrogens (primary N) is 1. The molecule has 0 radical (unpaired) electrons. The molecule has 1 atom stereocenters. The third kappa shape index (κ3) is 4.20. The summed E-state index contributed by atoms with van der Waals surface area (Å²) in [5.41, 5.74) is 5.91. The van der Waals surface area contributed by atoms with E-state index >= 15 is 0 Å². The van der Waals surface area contributed by atoms with Crippen LogP contribution in [0, 0.1) is 17.2 Å². The van der Waals surface area contributed by atoms with Gasteiger partial charge in [0.05, 0.1) is 11.3 Å². The number of hydrogen-bond acceptors (Lipinski definition) is 2. The molecule has 19 heavy (non-hydrogen) atoms. The van der Waals surface area contributed by atoms with Gasteiger partial charge < -0.3 is 11.1 Å². The van der Waals surface area contributed by atoms with Gasteiger partial charge in [-0.1, -0.05) is 27.7 Å². The quantitative estimate of drug-likeness (QED) is 0.832. The molecule has 0 aromatic heterocycles. The lowest BCUT2D eigenvalue weighted by atomic mass is 9.82. The Morgan fingerprint density at radius 1 is 1.47 bits per heavy atom. The maximum Gasteiger partial charge on any atom is 0.252 e. The fraction of sp³-hybridized carbons (Fsp3) is 0.500. The Morgan fingerprint density at radius 3 is 2.58 bits per heavy atom. The van der Waals surface area contributed by atoms with Crippen LogP contribution in [0.1, 0.15) is 38.1 Å². The predicted molar refractivity (Wildman–Crippen MR) is 79.5 cm³/mol. The van der Waals surface area contributed by atoms with Crippen LogP contribution in [-0.4, -0.2) is 12.5 Å². The average molecular weight is 331 g/mol. The lowest BCUT2D eigenvalue weighted by molar-refractivity contribution is 0.0936. The summed E-state index contributed by atoms with van der Waals surface area (Å²) >= 11 is 3.17. The summed E-state index contributed by atoms with van der Waals surface area (Å²) in [5, 5.41) is 2.85. The summed E-state index contributed by atoms with van der Waals surface area (Å²) in [7, 11) is 0. The van der Waals surface area contributed by atoms with Crippen molar-refractivity contribution in [2.24, 2.45) is 11.3 Å². The molecule has 0 aliphatic carbocycles. The highest BCUT2D eigenvalue weighted by atomic mass is 79.9. The van der Waals surface area contributed by atoms with Crippen LogP contribution < -0.4 is 11.1 Å². The molecule has 0 saturated heterocycles. The summed E-state index contributed by atoms with van der Waals surface area (Å²) in [5.74, 6) is -0.464. The van der Waals surface area contributed by atoms with Crippen molar-refractivity contribution in [1.82, 2.24) is 5.32 Å². The second-order valence-electron chi connectivity index (χ2n) is 5.83. The second kappa shape index (κ2) is 5.90. The zero-order valence-electron chi connectivity index (χ0n) is 11.7. The largest absolute Gasteiger partial charge is 0.396 e. The first-order chi connectivity index (χ1) is 8.62. The minimum Gasteiger partial charge on any atom is -0.396 e. The third-order valence-electron chi connectivity index (χ3n) is 3.38. The van der Waals surface area contributed by atoms with Gasteiger partial charge in [-0.15, -0.1) is 0 Å². The highest BCUT2D eigenvalue weighted by Gasteiger charge is 2.21. The zero-order chi connectivity index (χ0) is 14.8. The standard InChI is InChI=1S/C14H20BrFN2O/c1-8(14(2,3)4)7-18-13(19)9-5-12(17)11(16)6-10(9)15/h5-6,8H,7,17H2,1-4H3,(H,18,19). The number of benzene rings is 1. The first-order valence-electron chi connectivity index (χ1n) is 6.15. The van der Waals surface area contributed by atoms with E-state index in [2.05, 4.69) is 48.9 Å². The lowest BCUT2D eigenvalue weighted by Gasteiger charge is -2.27. The van der Waals surface area contributed by atoms with Gasteiger partial charge >= 0.3 is 0 Å². The number of carbonyl (C=O) groups excluding carboxylic acids is 1. The van der Waals surface area contributed by atoms with E-state index in [0.717, 1.165) is 0 Å². The van der Waals surface area contributed by atoms with E-state index in [0.29, 0.717) is 22.5 Å². The number of nitrogens with one attached hydrogen (secondary N) is 1. The Hall–Kier alpha value is -1.10. The molecule has 3 N–H and O–H groups in total. The number of carbonyl (C=O) groups is 1. The van der Waals surface area contributed by atoms with Gasteiger partial charge in [0.25, 0.3) is 5.91 Å². The molecular formula is C14H20BrFN2O. The fourth-order valence-electron chi connectivity index (χ4n) is 1.39. The number of halogens is 2. The SMILES string of the molecule is CC(CNC(=O)c1cc(N)c(F)cc1Br)C(C)(C)C. The summed E-state index contributed by atoms with van der Waals surface area (Å²) in [6, 6.07) is 2.55. The molecule has 3 nitrogen and oxygen atoms in total. The highest BCUT2D eigenvalue weighted by Crippen LogP contribution is 2.25. The second-order valence-corrected chi connectivity index (χ2v) is 6.69. The Kier molecular flexibility index (Phi) is 4.96. The van der Waals surface area contributed by atoms with Crippen molar-refractivity contribution in [3.63, 3.8) is 0 Å². The minimum atomic E-state index is -0.536. The van der Waals surface area contributed by atoms with Crippen molar-refractivity contribution < 1.29 is 9.18 Å². The summed E-state index contributed by atoms with van der Waals surface area (Å²) < 4.78 is 13.6. The van der Waals surface area contributed by atoms with Gasteiger partial charge in [-0.3, -0.25) is 4.79 Å². The number of hydrogen-bond donors (Lipinski definition) is 2. The normalized spacial score (nSPS) is 13.2.